The van der Waals surface area contributed by atoms with Crippen LogP contribution in [0.5, 0.6) is 51.7 Å². The number of halogens is 3. The maximum atomic E-state index is 16.5. The molecule has 0 radical (unpaired) electrons. The number of phenolic OH excluding ortho intramolecular Hbond substituents is 4. The van der Waals surface area contributed by atoms with E-state index in [0.29, 0.717) is 0 Å². The molecule has 18 atom stereocenters. The zero-order valence-corrected chi connectivity index (χ0v) is 69.1. The molecular weight excluding hydrogens is 1690 g/mol. The van der Waals surface area contributed by atoms with Crippen molar-refractivity contribution >= 4 is 100.0 Å². The van der Waals surface area contributed by atoms with Gasteiger partial charge in [-0.3, -0.25) is 38.5 Å². The molecule has 41 heteroatoms. The van der Waals surface area contributed by atoms with E-state index < -0.39 is 273 Å². The predicted octanol–water partition coefficient (Wildman–Crippen LogP) is 5.22. The molecule has 124 heavy (non-hydrogen) atoms. The molecule has 0 spiro atoms. The Kier molecular flexibility index (Phi) is 29.5. The maximum absolute atomic E-state index is 16.5. The van der Waals surface area contributed by atoms with Crippen LogP contribution in [0, 0.1) is 5.92 Å². The minimum Gasteiger partial charge on any atom is -0.508 e. The third kappa shape index (κ3) is 21.0. The van der Waals surface area contributed by atoms with Crippen molar-refractivity contribution in [1.29, 1.82) is 0 Å². The van der Waals surface area contributed by atoms with Crippen LogP contribution in [0.25, 0.3) is 11.1 Å². The summed E-state index contributed by atoms with van der Waals surface area (Å²) in [6.07, 6.45) is -18.9. The van der Waals surface area contributed by atoms with Gasteiger partial charge in [0.25, 0.3) is 0 Å². The number of carbonyl (C=O) groups excluding carboxylic acids is 10. The van der Waals surface area contributed by atoms with E-state index in [1.54, 1.807) is 13.8 Å². The molecule has 662 valence electrons. The topological polar surface area (TPSA) is 561 Å². The summed E-state index contributed by atoms with van der Waals surface area (Å²) in [6, 6.07) is 2.27. The summed E-state index contributed by atoms with van der Waals surface area (Å²) in [7, 11) is 1.22. The Balaban J connectivity index is 1.17. The molecule has 19 N–H and O–H groups in total. The number of carbonyl (C=O) groups is 10. The molecule has 2 saturated heterocycles. The summed E-state index contributed by atoms with van der Waals surface area (Å²) < 4.78 is 55.7. The van der Waals surface area contributed by atoms with Crippen LogP contribution in [0.15, 0.2) is 135 Å². The summed E-state index contributed by atoms with van der Waals surface area (Å²) in [5, 5.41) is 127. The number of amides is 9. The van der Waals surface area contributed by atoms with Crippen LogP contribution < -0.4 is 62.5 Å². The van der Waals surface area contributed by atoms with Gasteiger partial charge >= 0.3 is 18.2 Å². The highest BCUT2D eigenvalue weighted by Gasteiger charge is 2.53. The van der Waals surface area contributed by atoms with E-state index in [4.69, 9.17) is 83.2 Å². The maximum Gasteiger partial charge on any atom is 0.410 e. The summed E-state index contributed by atoms with van der Waals surface area (Å²) in [6.45, 7) is 15.4. The molecule has 2 fully saturated rings. The second-order valence-electron chi connectivity index (χ2n) is 30.2. The van der Waals surface area contributed by atoms with Crippen LogP contribution in [-0.4, -0.2) is 223 Å². The Bertz CT molecular complexity index is 5140. The van der Waals surface area contributed by atoms with Crippen molar-refractivity contribution in [2.75, 3.05) is 38.7 Å². The Morgan fingerprint density at radius 2 is 1.27 bits per heavy atom. The molecule has 0 saturated carbocycles. The van der Waals surface area contributed by atoms with Gasteiger partial charge in [0.05, 0.1) is 33.8 Å². The number of aliphatic hydroxyl groups is 5. The van der Waals surface area contributed by atoms with Crippen LogP contribution in [0.4, 0.5) is 15.3 Å². The Hall–Kier alpha value is -12.2. The summed E-state index contributed by atoms with van der Waals surface area (Å²) in [5.41, 5.74) is 1.22. The van der Waals surface area contributed by atoms with Gasteiger partial charge in [0.2, 0.25) is 53.4 Å². The minimum atomic E-state index is -2.45. The molecule has 38 nitrogen and oxygen atoms in total. The fourth-order valence-electron chi connectivity index (χ4n) is 14.5. The highest BCUT2D eigenvalue weighted by molar-refractivity contribution is 6.32. The zero-order valence-electron chi connectivity index (χ0n) is 66.9. The molecule has 7 aliphatic heterocycles. The highest BCUT2D eigenvalue weighted by Crippen LogP contribution is 2.50. The number of aliphatic hydroxyl groups excluding tert-OH is 5. The molecule has 2 unspecified atom stereocenters. The molecule has 7 aliphatic rings. The lowest BCUT2D eigenvalue weighted by molar-refractivity contribution is -0.330. The minimum absolute atomic E-state index is 0.00750. The quantitative estimate of drug-likeness (QED) is 0.0179. The van der Waals surface area contributed by atoms with Gasteiger partial charge in [0, 0.05) is 47.8 Å². The summed E-state index contributed by atoms with van der Waals surface area (Å²) in [4.78, 5) is 149. The number of nitrogens with two attached hydrogens (primary N) is 1. The number of rotatable bonds is 22. The molecular formula is C83H91Cl3N10O28. The van der Waals surface area contributed by atoms with E-state index in [2.05, 4.69) is 62.3 Å². The second-order valence-corrected chi connectivity index (χ2v) is 31.5. The number of primary amides is 1. The van der Waals surface area contributed by atoms with Gasteiger partial charge in [0.1, 0.15) is 127 Å². The van der Waals surface area contributed by atoms with Gasteiger partial charge in [-0.1, -0.05) is 105 Å². The molecule has 6 aromatic carbocycles. The van der Waals surface area contributed by atoms with E-state index in [1.807, 2.05) is 0 Å². The molecule has 7 heterocycles. The number of esters is 1. The van der Waals surface area contributed by atoms with E-state index in [9.17, 15) is 69.9 Å². The van der Waals surface area contributed by atoms with Gasteiger partial charge in [0.15, 0.2) is 29.9 Å². The normalized spacial score (nSPS) is 25.8. The average Bonchev–Trinajstić information content (AvgIpc) is 0.762. The number of nitrogens with zero attached hydrogens (tertiary/aromatic N) is 1. The molecule has 0 aliphatic carbocycles. The summed E-state index contributed by atoms with van der Waals surface area (Å²) in [5.74, 6) is -17.0. The second kappa shape index (κ2) is 39.5. The summed E-state index contributed by atoms with van der Waals surface area (Å²) >= 11 is 20.8. The van der Waals surface area contributed by atoms with Gasteiger partial charge in [-0.25, -0.2) is 14.4 Å². The number of anilines is 1. The Morgan fingerprint density at radius 1 is 0.661 bits per heavy atom. The molecule has 6 aromatic rings. The fourth-order valence-corrected chi connectivity index (χ4v) is 15.1. The fraction of sp³-hybridized carbons (Fsp3) is 0.373. The number of benzene rings is 6. The van der Waals surface area contributed by atoms with Crippen molar-refractivity contribution in [2.45, 2.75) is 156 Å². The first-order valence-corrected chi connectivity index (χ1v) is 39.7. The molecule has 0 aromatic heterocycles. The van der Waals surface area contributed by atoms with Crippen molar-refractivity contribution in [2.24, 2.45) is 11.7 Å². The van der Waals surface area contributed by atoms with Crippen LogP contribution >= 0.6 is 34.8 Å². The molecule has 13 rings (SSSR count). The van der Waals surface area contributed by atoms with Crippen molar-refractivity contribution in [3.63, 3.8) is 0 Å². The van der Waals surface area contributed by atoms with Gasteiger partial charge in [-0.2, -0.15) is 0 Å². The monoisotopic (exact) mass is 1780 g/mol. The van der Waals surface area contributed by atoms with Crippen molar-refractivity contribution < 1.29 is 137 Å². The van der Waals surface area contributed by atoms with Crippen LogP contribution in [-0.2, 0) is 66.8 Å². The largest absolute Gasteiger partial charge is 0.508 e. The van der Waals surface area contributed by atoms with E-state index in [1.165, 1.54) is 51.2 Å². The lowest BCUT2D eigenvalue weighted by Gasteiger charge is -2.48. The average molecular weight is 1780 g/mol. The third-order valence-corrected chi connectivity index (χ3v) is 21.6. The Morgan fingerprint density at radius 3 is 1.90 bits per heavy atom. The lowest BCUT2D eigenvalue weighted by atomic mass is 9.85. The van der Waals surface area contributed by atoms with Crippen LogP contribution in [0.3, 0.4) is 0 Å². The van der Waals surface area contributed by atoms with Crippen molar-refractivity contribution in [1.82, 2.24) is 42.1 Å². The standard InChI is InChI=1S/C83H91Cl3N10O28/c1-9-20-116-79(113)63-44-30-42(97)31-52(100)60(44)43-24-37(12-16-50(43)98)61-75(109)94-65(78(112)92-63)67(103)39-14-19-54(46(86)26-39)121-56-28-40-27-55(70(56)124-80-71(69(105)68(104)57(122-80)34-88-47-29-41(84)15-17-51(47)99)123-59-33-83(7,72(106)36(6)119-59)95-81(114)117-21-10-2)120-53-18-13-38(25-45(53)85)66(102)64(93-74(108)49(23-35(4)5)96(8)82(115)118-22-11-3)77(111)89-48(32-58(87)101)73(107)90-62(40)76(110)91-61/h9-19,24-31,35-36,48-49,57,59,61-69,71-72,80,88,97-100,102-106H,1-3,20-23,32-34H2,4-8H3,(H2,87,101)(H,89,111)(H,90,107)(H,91,110)(H,92,112)(H,93,108)(H,94,109)(H,95,114)/t36-,48-,49+,57+,59-,61+,62?,63-,64+,65?,66+,67+,68+,69-,71+,72+,80-,83-/m0/s1. The van der Waals surface area contributed by atoms with E-state index in [-0.39, 0.29) is 58.7 Å². The number of fused-ring (bicyclic) bond motifs is 15. The first-order chi connectivity index (χ1) is 58.8. The van der Waals surface area contributed by atoms with Crippen LogP contribution in [0.2, 0.25) is 15.1 Å². The van der Waals surface area contributed by atoms with Crippen molar-refractivity contribution in [3.05, 3.63) is 178 Å². The number of hydrogen-bond acceptors (Lipinski definition) is 29. The predicted molar refractivity (Wildman–Crippen MR) is 438 cm³/mol. The van der Waals surface area contributed by atoms with E-state index >= 15 is 24.0 Å². The smallest absolute Gasteiger partial charge is 0.410 e. The number of ether oxygens (including phenoxy) is 9. The number of aromatic hydroxyl groups is 4. The molecule has 9 amide bonds. The van der Waals surface area contributed by atoms with Gasteiger partial charge in [-0.05, 0) is 121 Å². The number of likely N-dealkylation sites (N-methyl/N-ethyl adjacent to an activating group) is 1. The lowest BCUT2D eigenvalue weighted by Crippen LogP contribution is -2.66. The van der Waals surface area contributed by atoms with Gasteiger partial charge < -0.3 is 137 Å². The molecule has 11 bridgehead atoms. The number of phenols is 4. The van der Waals surface area contributed by atoms with Gasteiger partial charge in [-0.15, -0.1) is 0 Å². The van der Waals surface area contributed by atoms with Crippen molar-refractivity contribution in [3.8, 4) is 62.9 Å². The van der Waals surface area contributed by atoms with E-state index in [0.717, 1.165) is 89.8 Å². The first-order valence-electron chi connectivity index (χ1n) is 38.5. The third-order valence-electron chi connectivity index (χ3n) is 20.8. The number of alkyl carbamates (subject to hydrolysis) is 1. The first kappa shape index (κ1) is 92.5. The zero-order chi connectivity index (χ0) is 90.2. The number of hydrogen-bond donors (Lipinski definition) is 18. The highest BCUT2D eigenvalue weighted by atomic mass is 35.5. The SMILES string of the molecule is C=CCOC(=O)N[C@@]1(C)C[C@H](O[C@H]2[C@H](Oc3c4cc5cc3Oc3ccc(cc3Cl)[C@@H](O)[C@@H](NC(=O)[C@@H](CC(C)C)N(C)C(=O)OCC=C)C(=O)N[C@@H](CC(N)=O)C(=O)NC5C(=O)N[C@H]3C(=O)NC(C(=O)N[C@H](C(=O)OCC=C)c5cc(O)cc(O)c5-c5cc3ccc5O)[C@H](O)c3ccc(c(Cl)c3)O4)O[C@H](CNc3cc(Cl)ccc3O)[C@@H](O)[C@@H]2O)O[C@@H](C)[C@H]1O. The number of nitrogens with one attached hydrogen (secondary N) is 8. The van der Waals surface area contributed by atoms with Crippen LogP contribution in [0.1, 0.15) is 105 Å². The Labute approximate surface area is 722 Å².